The monoisotopic (exact) mass is 460 g/mol. The maximum absolute atomic E-state index is 14.8. The second-order valence-corrected chi connectivity index (χ2v) is 10.4. The topological polar surface area (TPSA) is 0 Å². The summed E-state index contributed by atoms with van der Waals surface area (Å²) in [6.45, 7) is 2.26. The molecule has 4 heteroatoms. The van der Waals surface area contributed by atoms with E-state index in [1.165, 1.54) is 69.6 Å². The van der Waals surface area contributed by atoms with Gasteiger partial charge in [-0.25, -0.2) is 17.6 Å². The molecule has 0 nitrogen and oxygen atoms in total. The second-order valence-electron chi connectivity index (χ2n) is 10.4. The van der Waals surface area contributed by atoms with Gasteiger partial charge in [-0.15, -0.1) is 0 Å². The molecule has 0 atom stereocenters. The number of benzene rings is 2. The Balaban J connectivity index is 1.34. The molecule has 0 unspecified atom stereocenters. The van der Waals surface area contributed by atoms with E-state index in [-0.39, 0.29) is 17.0 Å². The normalized spacial score (nSPS) is 25.8. The molecule has 0 spiro atoms. The summed E-state index contributed by atoms with van der Waals surface area (Å²) in [6.07, 6.45) is 15.0. The first-order valence-electron chi connectivity index (χ1n) is 12.9. The van der Waals surface area contributed by atoms with Crippen molar-refractivity contribution in [3.05, 3.63) is 59.2 Å². The Morgan fingerprint density at radius 1 is 0.667 bits per heavy atom. The van der Waals surface area contributed by atoms with Crippen LogP contribution in [-0.2, 0) is 0 Å². The highest BCUT2D eigenvalue weighted by Crippen LogP contribution is 2.45. The molecular weight excluding hydrogens is 424 g/mol. The first-order chi connectivity index (χ1) is 16.0. The Morgan fingerprint density at radius 3 is 1.85 bits per heavy atom. The van der Waals surface area contributed by atoms with Gasteiger partial charge in [0.25, 0.3) is 0 Å². The van der Waals surface area contributed by atoms with Crippen molar-refractivity contribution in [3.63, 3.8) is 0 Å². The average molecular weight is 461 g/mol. The molecule has 0 radical (unpaired) electrons. The van der Waals surface area contributed by atoms with Gasteiger partial charge in [0, 0.05) is 0 Å². The Hall–Kier alpha value is -1.84. The summed E-state index contributed by atoms with van der Waals surface area (Å²) in [7, 11) is 0. The molecule has 2 aromatic carbocycles. The van der Waals surface area contributed by atoms with Gasteiger partial charge in [0.1, 0.15) is 11.6 Å². The van der Waals surface area contributed by atoms with Crippen LogP contribution >= 0.6 is 0 Å². The summed E-state index contributed by atoms with van der Waals surface area (Å²) in [5.74, 6) is -0.912. The van der Waals surface area contributed by atoms with E-state index in [1.54, 1.807) is 0 Å². The van der Waals surface area contributed by atoms with Gasteiger partial charge in [-0.3, -0.25) is 0 Å². The maximum Gasteiger partial charge on any atom is 0.159 e. The molecular formula is C29H36F4. The predicted octanol–water partition coefficient (Wildman–Crippen LogP) is 9.57. The molecule has 0 N–H and O–H groups in total. The van der Waals surface area contributed by atoms with Crippen LogP contribution in [0.4, 0.5) is 17.6 Å². The Kier molecular flexibility index (Phi) is 8.14. The summed E-state index contributed by atoms with van der Waals surface area (Å²) >= 11 is 0. The number of unbranched alkanes of at least 4 members (excludes halogenated alkanes) is 2. The van der Waals surface area contributed by atoms with Crippen molar-refractivity contribution >= 4 is 0 Å². The van der Waals surface area contributed by atoms with Gasteiger partial charge in [-0.2, -0.15) is 0 Å². The van der Waals surface area contributed by atoms with Crippen molar-refractivity contribution in [1.29, 1.82) is 0 Å². The summed E-state index contributed by atoms with van der Waals surface area (Å²) in [5, 5.41) is 0. The highest BCUT2D eigenvalue weighted by atomic mass is 19.2. The lowest BCUT2D eigenvalue weighted by atomic mass is 9.68. The number of rotatable bonds is 7. The largest absolute Gasteiger partial charge is 0.206 e. The van der Waals surface area contributed by atoms with Gasteiger partial charge in [-0.05, 0) is 97.6 Å². The van der Waals surface area contributed by atoms with E-state index in [1.807, 2.05) is 0 Å². The van der Waals surface area contributed by atoms with E-state index in [4.69, 9.17) is 0 Å². The molecule has 2 fully saturated rings. The van der Waals surface area contributed by atoms with Crippen LogP contribution in [0.25, 0.3) is 11.1 Å². The first-order valence-corrected chi connectivity index (χ1v) is 12.9. The van der Waals surface area contributed by atoms with Crippen LogP contribution in [0, 0.1) is 41.0 Å². The molecule has 0 amide bonds. The maximum atomic E-state index is 14.8. The van der Waals surface area contributed by atoms with Gasteiger partial charge < -0.3 is 0 Å². The summed E-state index contributed by atoms with van der Waals surface area (Å²) in [6, 6.07) is 5.75. The summed E-state index contributed by atoms with van der Waals surface area (Å²) in [4.78, 5) is 0. The molecule has 0 bridgehead atoms. The van der Waals surface area contributed by atoms with Gasteiger partial charge in [0.05, 0.1) is 5.56 Å². The zero-order valence-corrected chi connectivity index (χ0v) is 19.7. The number of hydrogen-bond acceptors (Lipinski definition) is 0. The highest BCUT2D eigenvalue weighted by molar-refractivity contribution is 5.65. The molecule has 0 heterocycles. The van der Waals surface area contributed by atoms with Crippen LogP contribution in [0.1, 0.15) is 95.5 Å². The predicted molar refractivity (Wildman–Crippen MR) is 126 cm³/mol. The summed E-state index contributed by atoms with van der Waals surface area (Å²) in [5.41, 5.74) is 0.418. The molecule has 2 aliphatic carbocycles. The number of halogens is 4. The van der Waals surface area contributed by atoms with Crippen LogP contribution in [0.5, 0.6) is 0 Å². The second kappa shape index (κ2) is 11.1. The van der Waals surface area contributed by atoms with Gasteiger partial charge in [-0.1, -0.05) is 51.5 Å². The van der Waals surface area contributed by atoms with Crippen LogP contribution in [0.2, 0.25) is 0 Å². The van der Waals surface area contributed by atoms with Gasteiger partial charge in [0.2, 0.25) is 0 Å². The third kappa shape index (κ3) is 5.81. The molecule has 2 aromatic rings. The van der Waals surface area contributed by atoms with Crippen molar-refractivity contribution < 1.29 is 17.6 Å². The van der Waals surface area contributed by atoms with Crippen LogP contribution in [0.15, 0.2) is 30.3 Å². The molecule has 0 aromatic heterocycles. The van der Waals surface area contributed by atoms with Crippen molar-refractivity contribution in [2.75, 3.05) is 0 Å². The fourth-order valence-corrected chi connectivity index (χ4v) is 6.31. The lowest BCUT2D eigenvalue weighted by Gasteiger charge is -2.38. The minimum absolute atomic E-state index is 0.0180. The van der Waals surface area contributed by atoms with E-state index >= 15 is 0 Å². The van der Waals surface area contributed by atoms with Crippen molar-refractivity contribution in [3.8, 4) is 11.1 Å². The lowest BCUT2D eigenvalue weighted by Crippen LogP contribution is -2.25. The average Bonchev–Trinajstić information content (AvgIpc) is 2.82. The van der Waals surface area contributed by atoms with Crippen molar-refractivity contribution in [2.45, 2.75) is 89.9 Å². The van der Waals surface area contributed by atoms with Crippen molar-refractivity contribution in [2.24, 2.45) is 17.8 Å². The first kappa shape index (κ1) is 24.3. The zero-order chi connectivity index (χ0) is 23.4. The minimum Gasteiger partial charge on any atom is -0.206 e. The minimum atomic E-state index is -1.11. The van der Waals surface area contributed by atoms with E-state index in [0.29, 0.717) is 5.56 Å². The third-order valence-electron chi connectivity index (χ3n) is 8.29. The Labute approximate surface area is 195 Å². The van der Waals surface area contributed by atoms with Crippen LogP contribution in [-0.4, -0.2) is 0 Å². The Morgan fingerprint density at radius 2 is 1.27 bits per heavy atom. The Bertz CT molecular complexity index is 898. The smallest absolute Gasteiger partial charge is 0.159 e. The molecule has 2 saturated carbocycles. The molecule has 33 heavy (non-hydrogen) atoms. The fraction of sp³-hybridized carbons (Fsp3) is 0.586. The standard InChI is InChI=1S/C29H36F4/c1-2-3-4-5-19-6-8-20(9-7-19)21-10-12-22(13-11-21)24-17-27(32)29(28(33)18-24)23-14-15-25(30)26(31)16-23/h14-22H,2-13H2,1H3. The zero-order valence-electron chi connectivity index (χ0n) is 19.7. The van der Waals surface area contributed by atoms with Crippen LogP contribution in [0.3, 0.4) is 0 Å². The van der Waals surface area contributed by atoms with Crippen LogP contribution < -0.4 is 0 Å². The third-order valence-corrected chi connectivity index (χ3v) is 8.29. The summed E-state index contributed by atoms with van der Waals surface area (Å²) < 4.78 is 56.5. The molecule has 0 aliphatic heterocycles. The molecule has 4 rings (SSSR count). The van der Waals surface area contributed by atoms with E-state index in [2.05, 4.69) is 6.92 Å². The highest BCUT2D eigenvalue weighted by Gasteiger charge is 2.31. The number of hydrogen-bond donors (Lipinski definition) is 0. The van der Waals surface area contributed by atoms with E-state index in [0.717, 1.165) is 55.6 Å². The van der Waals surface area contributed by atoms with E-state index in [9.17, 15) is 17.6 Å². The SMILES string of the molecule is CCCCCC1CCC(C2CCC(c3cc(F)c(-c4ccc(F)c(F)c4)c(F)c3)CC2)CC1. The van der Waals surface area contributed by atoms with Crippen molar-refractivity contribution in [1.82, 2.24) is 0 Å². The van der Waals surface area contributed by atoms with Gasteiger partial charge >= 0.3 is 0 Å². The van der Waals surface area contributed by atoms with Gasteiger partial charge in [0.15, 0.2) is 11.6 Å². The van der Waals surface area contributed by atoms with E-state index < -0.39 is 23.3 Å². The fourth-order valence-electron chi connectivity index (χ4n) is 6.31. The lowest BCUT2D eigenvalue weighted by molar-refractivity contribution is 0.155. The molecule has 0 saturated heterocycles. The quantitative estimate of drug-likeness (QED) is 0.285. The molecule has 2 aliphatic rings. The molecule has 180 valence electrons.